The molecule has 1 unspecified atom stereocenters. The molecule has 2 amide bonds. The van der Waals surface area contributed by atoms with Crippen LogP contribution in [-0.2, 0) is 4.84 Å². The van der Waals surface area contributed by atoms with Crippen LogP contribution in [0.5, 0.6) is 0 Å². The van der Waals surface area contributed by atoms with Crippen LogP contribution in [0.25, 0.3) is 5.70 Å². The van der Waals surface area contributed by atoms with E-state index in [2.05, 4.69) is 6.58 Å². The maximum absolute atomic E-state index is 12.1. The highest BCUT2D eigenvalue weighted by atomic mass is 32.1. The summed E-state index contributed by atoms with van der Waals surface area (Å²) in [5, 5.41) is 3.09. The van der Waals surface area contributed by atoms with Crippen molar-refractivity contribution in [2.24, 2.45) is 0 Å². The van der Waals surface area contributed by atoms with E-state index in [0.29, 0.717) is 13.1 Å². The van der Waals surface area contributed by atoms with Crippen LogP contribution in [0.15, 0.2) is 35.1 Å². The van der Waals surface area contributed by atoms with Gasteiger partial charge in [-0.1, -0.05) is 17.4 Å². The number of urea groups is 1. The lowest BCUT2D eigenvalue weighted by molar-refractivity contribution is -0.107. The number of hydrogen-bond acceptors (Lipinski definition) is 4. The summed E-state index contributed by atoms with van der Waals surface area (Å²) in [6.45, 7) is 4.88. The lowest BCUT2D eigenvalue weighted by Crippen LogP contribution is -2.33. The van der Waals surface area contributed by atoms with Gasteiger partial charge in [0, 0.05) is 23.8 Å². The van der Waals surface area contributed by atoms with Crippen LogP contribution in [0.2, 0.25) is 0 Å². The molecule has 1 saturated heterocycles. The van der Waals surface area contributed by atoms with Gasteiger partial charge in [-0.2, -0.15) is 5.06 Å². The summed E-state index contributed by atoms with van der Waals surface area (Å²) in [4.78, 5) is 30.7. The summed E-state index contributed by atoms with van der Waals surface area (Å²) in [5.41, 5.74) is 0.820. The normalized spacial score (nSPS) is 21.8. The molecule has 0 radical (unpaired) electrons. The third-order valence-corrected chi connectivity index (χ3v) is 3.78. The second kappa shape index (κ2) is 4.67. The second-order valence-corrected chi connectivity index (χ2v) is 5.19. The first-order valence-corrected chi connectivity index (χ1v) is 6.78. The maximum Gasteiger partial charge on any atom is 0.345 e. The number of carbonyl (C=O) groups is 1. The number of hydroxylamine groups is 2. The predicted octanol–water partition coefficient (Wildman–Crippen LogP) is 0.988. The molecular formula is C12H13N3O3S. The summed E-state index contributed by atoms with van der Waals surface area (Å²) < 4.78 is 1.58. The third kappa shape index (κ3) is 2.00. The highest BCUT2D eigenvalue weighted by Crippen LogP contribution is 2.26. The van der Waals surface area contributed by atoms with E-state index in [9.17, 15) is 9.59 Å². The van der Waals surface area contributed by atoms with E-state index >= 15 is 0 Å². The Morgan fingerprint density at radius 1 is 1.53 bits per heavy atom. The fraction of sp³-hybridized carbons (Fsp3) is 0.333. The zero-order valence-electron chi connectivity index (χ0n) is 10.2. The first kappa shape index (κ1) is 12.2. The molecule has 2 aliphatic heterocycles. The van der Waals surface area contributed by atoms with Gasteiger partial charge < -0.3 is 4.90 Å². The molecule has 0 saturated carbocycles. The molecule has 1 atom stereocenters. The van der Waals surface area contributed by atoms with Crippen molar-refractivity contribution >= 4 is 23.1 Å². The van der Waals surface area contributed by atoms with Crippen molar-refractivity contribution < 1.29 is 9.63 Å². The molecule has 0 spiro atoms. The van der Waals surface area contributed by atoms with Crippen LogP contribution >= 0.6 is 11.3 Å². The predicted molar refractivity (Wildman–Crippen MR) is 71.6 cm³/mol. The van der Waals surface area contributed by atoms with E-state index in [-0.39, 0.29) is 23.6 Å². The lowest BCUT2D eigenvalue weighted by atomic mass is 10.2. The number of aromatic nitrogens is 1. The quantitative estimate of drug-likeness (QED) is 0.772. The molecule has 2 aliphatic rings. The molecule has 1 fully saturated rings. The molecule has 3 rings (SSSR count). The molecule has 0 aliphatic carbocycles. The number of rotatable bonds is 4. The van der Waals surface area contributed by atoms with E-state index in [1.54, 1.807) is 27.1 Å². The number of thiazole rings is 1. The lowest BCUT2D eigenvalue weighted by Gasteiger charge is -2.21. The van der Waals surface area contributed by atoms with Crippen LogP contribution in [0.1, 0.15) is 0 Å². The molecular weight excluding hydrogens is 266 g/mol. The molecule has 1 aromatic heterocycles. The van der Waals surface area contributed by atoms with E-state index < -0.39 is 0 Å². The van der Waals surface area contributed by atoms with Crippen molar-refractivity contribution in [1.82, 2.24) is 14.5 Å². The Kier molecular flexibility index (Phi) is 3.00. The van der Waals surface area contributed by atoms with Gasteiger partial charge in [0.05, 0.1) is 19.2 Å². The van der Waals surface area contributed by atoms with Crippen LogP contribution < -0.4 is 4.87 Å². The molecule has 2 bridgehead atoms. The second-order valence-electron chi connectivity index (χ2n) is 4.34. The minimum absolute atomic E-state index is 0.0419. The molecule has 3 heterocycles. The fourth-order valence-electron chi connectivity index (χ4n) is 2.30. The standard InChI is InChI=1S/C12H13N3O3S/c1-2-4-18-15-10-6-9(7-13(8-10)11(15)16)14-3-5-19-12(14)17/h2-3,5-6,10H,1,4,7-8H2. The number of hydrogen-bond donors (Lipinski definition) is 0. The average molecular weight is 279 g/mol. The number of amides is 2. The SMILES string of the molecule is C=CCON1C(=O)N2CC(n3ccsc3=O)=CC1C2. The highest BCUT2D eigenvalue weighted by molar-refractivity contribution is 7.07. The summed E-state index contributed by atoms with van der Waals surface area (Å²) in [5.74, 6) is 0. The van der Waals surface area contributed by atoms with Crippen LogP contribution in [-0.4, -0.2) is 46.3 Å². The van der Waals surface area contributed by atoms with Crippen LogP contribution in [0.3, 0.4) is 0 Å². The Morgan fingerprint density at radius 3 is 3.05 bits per heavy atom. The van der Waals surface area contributed by atoms with Gasteiger partial charge >= 0.3 is 10.9 Å². The van der Waals surface area contributed by atoms with E-state index in [4.69, 9.17) is 4.84 Å². The summed E-state index contributed by atoms with van der Waals surface area (Å²) >= 11 is 1.14. The van der Waals surface area contributed by atoms with Gasteiger partial charge in [-0.05, 0) is 6.08 Å². The molecule has 0 N–H and O–H groups in total. The van der Waals surface area contributed by atoms with Gasteiger partial charge in [-0.3, -0.25) is 14.2 Å². The third-order valence-electron chi connectivity index (χ3n) is 3.12. The summed E-state index contributed by atoms with van der Waals surface area (Å²) in [6, 6.07) is -0.315. The minimum Gasteiger partial charge on any atom is -0.315 e. The van der Waals surface area contributed by atoms with E-state index in [0.717, 1.165) is 17.0 Å². The zero-order chi connectivity index (χ0) is 13.4. The van der Waals surface area contributed by atoms with Crippen LogP contribution in [0, 0.1) is 0 Å². The van der Waals surface area contributed by atoms with E-state index in [1.165, 1.54) is 5.06 Å². The zero-order valence-corrected chi connectivity index (χ0v) is 11.0. The van der Waals surface area contributed by atoms with Crippen molar-refractivity contribution in [2.75, 3.05) is 19.7 Å². The highest BCUT2D eigenvalue weighted by Gasteiger charge is 2.41. The number of nitrogens with zero attached hydrogens (tertiary/aromatic N) is 3. The van der Waals surface area contributed by atoms with Crippen molar-refractivity contribution in [3.05, 3.63) is 40.0 Å². The Hall–Kier alpha value is -1.86. The first-order valence-electron chi connectivity index (χ1n) is 5.90. The fourth-order valence-corrected chi connectivity index (χ4v) is 2.89. The number of carbonyl (C=O) groups excluding carboxylic acids is 1. The molecule has 0 aromatic carbocycles. The number of fused-ring (bicyclic) bond motifs is 2. The van der Waals surface area contributed by atoms with Gasteiger partial charge in [0.2, 0.25) is 0 Å². The Balaban J connectivity index is 1.89. The Morgan fingerprint density at radius 2 is 2.37 bits per heavy atom. The molecule has 7 heteroatoms. The van der Waals surface area contributed by atoms with Gasteiger partial charge in [0.1, 0.15) is 0 Å². The minimum atomic E-state index is -0.165. The largest absolute Gasteiger partial charge is 0.345 e. The monoisotopic (exact) mass is 279 g/mol. The first-order chi connectivity index (χ1) is 9.20. The van der Waals surface area contributed by atoms with Crippen molar-refractivity contribution in [2.45, 2.75) is 6.04 Å². The van der Waals surface area contributed by atoms with Gasteiger partial charge in [-0.15, -0.1) is 6.58 Å². The topological polar surface area (TPSA) is 54.8 Å². The summed E-state index contributed by atoms with van der Waals surface area (Å²) in [7, 11) is 0. The van der Waals surface area contributed by atoms with Gasteiger partial charge in [0.15, 0.2) is 0 Å². The van der Waals surface area contributed by atoms with Crippen molar-refractivity contribution in [1.29, 1.82) is 0 Å². The average Bonchev–Trinajstić information content (AvgIpc) is 2.92. The van der Waals surface area contributed by atoms with Crippen LogP contribution in [0.4, 0.5) is 4.79 Å². The van der Waals surface area contributed by atoms with Gasteiger partial charge in [0.25, 0.3) is 0 Å². The van der Waals surface area contributed by atoms with Crippen molar-refractivity contribution in [3.63, 3.8) is 0 Å². The smallest absolute Gasteiger partial charge is 0.315 e. The van der Waals surface area contributed by atoms with Crippen molar-refractivity contribution in [3.8, 4) is 0 Å². The summed E-state index contributed by atoms with van der Waals surface area (Å²) in [6.07, 6.45) is 5.24. The van der Waals surface area contributed by atoms with E-state index in [1.807, 2.05) is 6.08 Å². The molecule has 6 nitrogen and oxygen atoms in total. The van der Waals surface area contributed by atoms with Gasteiger partial charge in [-0.25, -0.2) is 4.79 Å². The Bertz CT molecular complexity index is 603. The molecule has 1 aromatic rings. The Labute approximate surface area is 113 Å². The maximum atomic E-state index is 12.1. The molecule has 19 heavy (non-hydrogen) atoms. The molecule has 100 valence electrons.